The molecule has 0 unspecified atom stereocenters. The number of nitriles is 1. The van der Waals surface area contributed by atoms with Crippen LogP contribution in [0.25, 0.3) is 17.2 Å². The Bertz CT molecular complexity index is 473. The molecule has 0 aliphatic heterocycles. The van der Waals surface area contributed by atoms with E-state index in [1.165, 1.54) is 0 Å². The predicted molar refractivity (Wildman–Crippen MR) is 65.9 cm³/mol. The van der Waals surface area contributed by atoms with Gasteiger partial charge < -0.3 is 0 Å². The first kappa shape index (κ1) is 11.0. The molecule has 0 amide bonds. The van der Waals surface area contributed by atoms with Crippen LogP contribution in [0.3, 0.4) is 0 Å². The predicted octanol–water partition coefficient (Wildman–Crippen LogP) is 3.90. The summed E-state index contributed by atoms with van der Waals surface area (Å²) < 4.78 is 0. The van der Waals surface area contributed by atoms with Gasteiger partial charge >= 0.3 is 0 Å². The van der Waals surface area contributed by atoms with Crippen LogP contribution in [0.1, 0.15) is 23.6 Å². The molecule has 1 nitrogen and oxygen atoms in total. The van der Waals surface area contributed by atoms with Crippen molar-refractivity contribution in [1.82, 2.24) is 0 Å². The van der Waals surface area contributed by atoms with Gasteiger partial charge in [-0.25, -0.2) is 0 Å². The average molecular weight is 195 g/mol. The van der Waals surface area contributed by atoms with Crippen LogP contribution in [0, 0.1) is 11.3 Å². The van der Waals surface area contributed by atoms with Gasteiger partial charge in [-0.15, -0.1) is 0 Å². The van der Waals surface area contributed by atoms with Crippen LogP contribution in [0.2, 0.25) is 0 Å². The van der Waals surface area contributed by atoms with Gasteiger partial charge in [0.25, 0.3) is 0 Å². The van der Waals surface area contributed by atoms with Crippen molar-refractivity contribution in [2.75, 3.05) is 0 Å². The molecule has 1 aromatic rings. The Hall–Kier alpha value is -2.07. The third-order valence-electron chi connectivity index (χ3n) is 2.23. The van der Waals surface area contributed by atoms with E-state index in [-0.39, 0.29) is 0 Å². The topological polar surface area (TPSA) is 23.8 Å². The molecule has 0 aliphatic rings. The number of rotatable bonds is 3. The third kappa shape index (κ3) is 2.24. The number of hydrogen-bond donors (Lipinski definition) is 0. The Morgan fingerprint density at radius 3 is 2.53 bits per heavy atom. The van der Waals surface area contributed by atoms with Crippen LogP contribution in [0.15, 0.2) is 37.9 Å². The van der Waals surface area contributed by atoms with E-state index >= 15 is 0 Å². The van der Waals surface area contributed by atoms with E-state index in [0.717, 1.165) is 22.3 Å². The van der Waals surface area contributed by atoms with Crippen LogP contribution >= 0.6 is 0 Å². The Morgan fingerprint density at radius 2 is 2.07 bits per heavy atom. The molecular weight excluding hydrogens is 182 g/mol. The highest BCUT2D eigenvalue weighted by Crippen LogP contribution is 2.23. The van der Waals surface area contributed by atoms with E-state index in [0.29, 0.717) is 5.57 Å². The minimum atomic E-state index is 0.452. The molecule has 1 rings (SSSR count). The van der Waals surface area contributed by atoms with E-state index in [1.807, 2.05) is 25.1 Å². The van der Waals surface area contributed by atoms with Crippen molar-refractivity contribution in [2.45, 2.75) is 6.92 Å². The highest BCUT2D eigenvalue weighted by atomic mass is 14.2. The smallest absolute Gasteiger partial charge is 0.0991 e. The van der Waals surface area contributed by atoms with Gasteiger partial charge in [0.15, 0.2) is 0 Å². The molecule has 0 heterocycles. The Balaban J connectivity index is 3.39. The summed E-state index contributed by atoms with van der Waals surface area (Å²) in [6.07, 6.45) is 1.72. The standard InChI is InChI=1S/C14H13N/c1-5-12-6-7-13(10(2)3)8-14(12)11(4)9-15/h5-8H,1-2,4H2,3H3. The van der Waals surface area contributed by atoms with Crippen molar-refractivity contribution < 1.29 is 0 Å². The molecule has 74 valence electrons. The van der Waals surface area contributed by atoms with Crippen LogP contribution in [0.5, 0.6) is 0 Å². The van der Waals surface area contributed by atoms with Gasteiger partial charge in [0.05, 0.1) is 11.6 Å². The molecule has 0 bridgehead atoms. The lowest BCUT2D eigenvalue weighted by Gasteiger charge is -2.07. The van der Waals surface area contributed by atoms with Crippen LogP contribution in [0.4, 0.5) is 0 Å². The number of allylic oxidation sites excluding steroid dienone is 2. The van der Waals surface area contributed by atoms with Gasteiger partial charge in [0.2, 0.25) is 0 Å². The molecule has 0 spiro atoms. The van der Waals surface area contributed by atoms with E-state index in [2.05, 4.69) is 25.8 Å². The monoisotopic (exact) mass is 195 g/mol. The van der Waals surface area contributed by atoms with E-state index in [1.54, 1.807) is 6.08 Å². The highest BCUT2D eigenvalue weighted by molar-refractivity contribution is 5.82. The zero-order valence-corrected chi connectivity index (χ0v) is 8.88. The molecule has 0 fully saturated rings. The van der Waals surface area contributed by atoms with Gasteiger partial charge in [-0.2, -0.15) is 5.26 Å². The van der Waals surface area contributed by atoms with Gasteiger partial charge in [0.1, 0.15) is 0 Å². The zero-order valence-electron chi connectivity index (χ0n) is 8.88. The minimum absolute atomic E-state index is 0.452. The minimum Gasteiger partial charge on any atom is -0.192 e. The molecule has 15 heavy (non-hydrogen) atoms. The Labute approximate surface area is 90.7 Å². The van der Waals surface area contributed by atoms with Crippen LogP contribution in [-0.4, -0.2) is 0 Å². The molecule has 0 radical (unpaired) electrons. The lowest BCUT2D eigenvalue weighted by atomic mass is 9.96. The maximum atomic E-state index is 8.83. The van der Waals surface area contributed by atoms with Gasteiger partial charge in [0, 0.05) is 0 Å². The summed E-state index contributed by atoms with van der Waals surface area (Å²) in [6, 6.07) is 7.86. The normalized spacial score (nSPS) is 9.07. The molecule has 0 N–H and O–H groups in total. The summed E-state index contributed by atoms with van der Waals surface area (Å²) in [5.41, 5.74) is 4.19. The van der Waals surface area contributed by atoms with Crippen molar-refractivity contribution in [3.8, 4) is 6.07 Å². The maximum absolute atomic E-state index is 8.83. The van der Waals surface area contributed by atoms with E-state index < -0.39 is 0 Å². The molecular formula is C14H13N. The van der Waals surface area contributed by atoms with Crippen molar-refractivity contribution >= 4 is 17.2 Å². The highest BCUT2D eigenvalue weighted by Gasteiger charge is 2.05. The molecule has 0 saturated heterocycles. The largest absolute Gasteiger partial charge is 0.192 e. The molecule has 0 atom stereocenters. The molecule has 0 saturated carbocycles. The summed E-state index contributed by atoms with van der Waals surface area (Å²) in [7, 11) is 0. The fourth-order valence-corrected chi connectivity index (χ4v) is 1.32. The average Bonchev–Trinajstić information content (AvgIpc) is 2.27. The molecule has 1 heteroatoms. The Morgan fingerprint density at radius 1 is 1.40 bits per heavy atom. The van der Waals surface area contributed by atoms with E-state index in [9.17, 15) is 0 Å². The maximum Gasteiger partial charge on any atom is 0.0991 e. The van der Waals surface area contributed by atoms with Crippen molar-refractivity contribution in [3.63, 3.8) is 0 Å². The summed E-state index contributed by atoms with van der Waals surface area (Å²) in [5.74, 6) is 0. The molecule has 0 aliphatic carbocycles. The Kier molecular flexibility index (Phi) is 3.25. The first-order chi connectivity index (χ1) is 7.10. The summed E-state index contributed by atoms with van der Waals surface area (Å²) in [6.45, 7) is 13.2. The summed E-state index contributed by atoms with van der Waals surface area (Å²) >= 11 is 0. The molecule has 1 aromatic carbocycles. The fourth-order valence-electron chi connectivity index (χ4n) is 1.32. The number of nitrogens with zero attached hydrogens (tertiary/aromatic N) is 1. The van der Waals surface area contributed by atoms with E-state index in [4.69, 9.17) is 5.26 Å². The molecule has 0 aromatic heterocycles. The third-order valence-corrected chi connectivity index (χ3v) is 2.23. The first-order valence-corrected chi connectivity index (χ1v) is 4.62. The number of hydrogen-bond acceptors (Lipinski definition) is 1. The summed E-state index contributed by atoms with van der Waals surface area (Å²) in [4.78, 5) is 0. The van der Waals surface area contributed by atoms with Crippen LogP contribution < -0.4 is 0 Å². The summed E-state index contributed by atoms with van der Waals surface area (Å²) in [5, 5.41) is 8.83. The zero-order chi connectivity index (χ0) is 11.4. The van der Waals surface area contributed by atoms with Gasteiger partial charge in [-0.3, -0.25) is 0 Å². The van der Waals surface area contributed by atoms with Gasteiger partial charge in [-0.1, -0.05) is 43.5 Å². The lowest BCUT2D eigenvalue weighted by Crippen LogP contribution is -1.88. The van der Waals surface area contributed by atoms with Gasteiger partial charge in [-0.05, 0) is 29.7 Å². The van der Waals surface area contributed by atoms with Crippen molar-refractivity contribution in [3.05, 3.63) is 54.6 Å². The van der Waals surface area contributed by atoms with Crippen molar-refractivity contribution in [2.24, 2.45) is 0 Å². The van der Waals surface area contributed by atoms with Crippen molar-refractivity contribution in [1.29, 1.82) is 5.26 Å². The fraction of sp³-hybridized carbons (Fsp3) is 0.0714. The second-order valence-electron chi connectivity index (χ2n) is 3.38. The lowest BCUT2D eigenvalue weighted by molar-refractivity contribution is 1.49. The SMILES string of the molecule is C=Cc1ccc(C(=C)C)cc1C(=C)C#N. The second-order valence-corrected chi connectivity index (χ2v) is 3.38. The number of benzene rings is 1. The first-order valence-electron chi connectivity index (χ1n) is 4.62. The van der Waals surface area contributed by atoms with Crippen LogP contribution in [-0.2, 0) is 0 Å². The second kappa shape index (κ2) is 4.43. The quantitative estimate of drug-likeness (QED) is 0.671.